The van der Waals surface area contributed by atoms with Gasteiger partial charge in [-0.25, -0.2) is 8.78 Å². The summed E-state index contributed by atoms with van der Waals surface area (Å²) in [4.78, 5) is 12.1. The largest absolute Gasteiger partial charge is 0.294 e. The van der Waals surface area contributed by atoms with Gasteiger partial charge in [-0.05, 0) is 46.1 Å². The first-order valence-electron chi connectivity index (χ1n) is 5.72. The van der Waals surface area contributed by atoms with Gasteiger partial charge in [0.05, 0.1) is 10.0 Å². The van der Waals surface area contributed by atoms with Gasteiger partial charge in [-0.2, -0.15) is 0 Å². The van der Waals surface area contributed by atoms with E-state index in [0.29, 0.717) is 11.1 Å². The highest BCUT2D eigenvalue weighted by molar-refractivity contribution is 9.10. The number of carbonyl (C=O) groups excluding carboxylic acids is 1. The van der Waals surface area contributed by atoms with Crippen LogP contribution in [0.2, 0.25) is 0 Å². The van der Waals surface area contributed by atoms with Crippen LogP contribution in [0.5, 0.6) is 0 Å². The highest BCUT2D eigenvalue weighted by atomic mass is 79.9. The number of ketones is 1. The molecule has 0 fully saturated rings. The van der Waals surface area contributed by atoms with Crippen molar-refractivity contribution in [1.82, 2.24) is 0 Å². The molecule has 0 aliphatic carbocycles. The molecular weight excluding hydrogens is 314 g/mol. The molecule has 0 atom stereocenters. The molecule has 4 heteroatoms. The molecule has 0 aliphatic heterocycles. The minimum atomic E-state index is -0.514. The van der Waals surface area contributed by atoms with Crippen LogP contribution < -0.4 is 0 Å². The maximum Gasteiger partial charge on any atom is 0.170 e. The smallest absolute Gasteiger partial charge is 0.170 e. The van der Waals surface area contributed by atoms with Crippen LogP contribution in [-0.4, -0.2) is 5.78 Å². The Balaban J connectivity index is 2.31. The van der Waals surface area contributed by atoms with Crippen molar-refractivity contribution >= 4 is 21.7 Å². The molecule has 0 radical (unpaired) electrons. The zero-order valence-corrected chi connectivity index (χ0v) is 11.8. The second-order valence-corrected chi connectivity index (χ2v) is 5.04. The van der Waals surface area contributed by atoms with Crippen LogP contribution >= 0.6 is 15.9 Å². The molecule has 0 aliphatic rings. The Morgan fingerprint density at radius 1 is 1.16 bits per heavy atom. The Labute approximate surface area is 118 Å². The summed E-state index contributed by atoms with van der Waals surface area (Å²) in [6, 6.07) is 9.13. The maximum absolute atomic E-state index is 13.8. The molecule has 0 bridgehead atoms. The fourth-order valence-electron chi connectivity index (χ4n) is 1.82. The molecule has 0 unspecified atom stereocenters. The van der Waals surface area contributed by atoms with Crippen LogP contribution in [0.3, 0.4) is 0 Å². The first-order valence-corrected chi connectivity index (χ1v) is 6.51. The molecule has 0 saturated carbocycles. The summed E-state index contributed by atoms with van der Waals surface area (Å²) < 4.78 is 27.4. The minimum Gasteiger partial charge on any atom is -0.294 e. The van der Waals surface area contributed by atoms with Crippen molar-refractivity contribution in [3.05, 3.63) is 69.2 Å². The van der Waals surface area contributed by atoms with Crippen molar-refractivity contribution in [1.29, 1.82) is 0 Å². The molecule has 0 aromatic heterocycles. The SMILES string of the molecule is Cc1cccc(C(=O)Cc2cccc(F)c2Br)c1F. The number of halogens is 3. The van der Waals surface area contributed by atoms with E-state index in [1.165, 1.54) is 18.2 Å². The standard InChI is InChI=1S/C15H11BrF2O/c1-9-4-2-6-11(15(9)18)13(19)8-10-5-3-7-12(17)14(10)16/h2-7H,8H2,1H3. The Morgan fingerprint density at radius 2 is 1.84 bits per heavy atom. The summed E-state index contributed by atoms with van der Waals surface area (Å²) in [6.45, 7) is 1.60. The van der Waals surface area contributed by atoms with Crippen molar-refractivity contribution in [2.75, 3.05) is 0 Å². The lowest BCUT2D eigenvalue weighted by Gasteiger charge is -2.07. The summed E-state index contributed by atoms with van der Waals surface area (Å²) >= 11 is 3.09. The van der Waals surface area contributed by atoms with E-state index in [2.05, 4.69) is 15.9 Å². The van der Waals surface area contributed by atoms with E-state index < -0.39 is 11.6 Å². The van der Waals surface area contributed by atoms with Gasteiger partial charge >= 0.3 is 0 Å². The van der Waals surface area contributed by atoms with E-state index in [0.717, 1.165) is 0 Å². The van der Waals surface area contributed by atoms with Gasteiger partial charge in [0.2, 0.25) is 0 Å². The van der Waals surface area contributed by atoms with Crippen molar-refractivity contribution in [2.45, 2.75) is 13.3 Å². The van der Waals surface area contributed by atoms with E-state index in [-0.39, 0.29) is 22.2 Å². The van der Waals surface area contributed by atoms with Gasteiger partial charge in [-0.1, -0.05) is 24.3 Å². The molecule has 0 amide bonds. The fraction of sp³-hybridized carbons (Fsp3) is 0.133. The summed E-state index contributed by atoms with van der Waals surface area (Å²) in [5.74, 6) is -1.32. The van der Waals surface area contributed by atoms with Gasteiger partial charge < -0.3 is 0 Å². The van der Waals surface area contributed by atoms with Crippen LogP contribution in [0, 0.1) is 18.6 Å². The van der Waals surface area contributed by atoms with Crippen molar-refractivity contribution < 1.29 is 13.6 Å². The average Bonchev–Trinajstić information content (AvgIpc) is 2.38. The second-order valence-electron chi connectivity index (χ2n) is 4.25. The van der Waals surface area contributed by atoms with Crippen molar-refractivity contribution in [3.63, 3.8) is 0 Å². The normalized spacial score (nSPS) is 10.5. The number of aryl methyl sites for hydroxylation is 1. The summed E-state index contributed by atoms with van der Waals surface area (Å²) in [6.07, 6.45) is -0.0429. The summed E-state index contributed by atoms with van der Waals surface area (Å²) in [5, 5.41) is 0. The molecule has 1 nitrogen and oxygen atoms in total. The third-order valence-corrected chi connectivity index (χ3v) is 3.76. The van der Waals surface area contributed by atoms with Crippen LogP contribution in [-0.2, 0) is 6.42 Å². The van der Waals surface area contributed by atoms with Gasteiger partial charge in [-0.15, -0.1) is 0 Å². The lowest BCUT2D eigenvalue weighted by Crippen LogP contribution is -2.08. The van der Waals surface area contributed by atoms with Crippen LogP contribution in [0.4, 0.5) is 8.78 Å². The number of Topliss-reactive ketones (excluding diaryl/α,β-unsaturated/α-hetero) is 1. The maximum atomic E-state index is 13.8. The molecular formula is C15H11BrF2O. The van der Waals surface area contributed by atoms with Crippen molar-refractivity contribution in [3.8, 4) is 0 Å². The monoisotopic (exact) mass is 324 g/mol. The highest BCUT2D eigenvalue weighted by Gasteiger charge is 2.15. The number of hydrogen-bond donors (Lipinski definition) is 0. The Bertz CT molecular complexity index is 638. The lowest BCUT2D eigenvalue weighted by molar-refractivity contribution is 0.0988. The number of benzene rings is 2. The molecule has 0 saturated heterocycles. The Hall–Kier alpha value is -1.55. The van der Waals surface area contributed by atoms with E-state index in [4.69, 9.17) is 0 Å². The molecule has 2 rings (SSSR count). The fourth-order valence-corrected chi connectivity index (χ4v) is 2.22. The summed E-state index contributed by atoms with van der Waals surface area (Å²) in [5.41, 5.74) is 0.964. The van der Waals surface area contributed by atoms with E-state index >= 15 is 0 Å². The average molecular weight is 325 g/mol. The van der Waals surface area contributed by atoms with Gasteiger partial charge in [0, 0.05) is 6.42 Å². The lowest BCUT2D eigenvalue weighted by atomic mass is 10.0. The number of carbonyl (C=O) groups is 1. The van der Waals surface area contributed by atoms with E-state index in [9.17, 15) is 13.6 Å². The highest BCUT2D eigenvalue weighted by Crippen LogP contribution is 2.23. The molecule has 2 aromatic rings. The second kappa shape index (κ2) is 5.61. The van der Waals surface area contributed by atoms with Gasteiger partial charge in [0.25, 0.3) is 0 Å². The zero-order chi connectivity index (χ0) is 14.0. The Morgan fingerprint density at radius 3 is 2.58 bits per heavy atom. The minimum absolute atomic E-state index is 0.0381. The molecule has 98 valence electrons. The van der Waals surface area contributed by atoms with Crippen LogP contribution in [0.25, 0.3) is 0 Å². The third kappa shape index (κ3) is 2.89. The predicted octanol–water partition coefficient (Wildman–Crippen LogP) is 4.46. The summed E-state index contributed by atoms with van der Waals surface area (Å²) in [7, 11) is 0. The molecule has 19 heavy (non-hydrogen) atoms. The quantitative estimate of drug-likeness (QED) is 0.762. The van der Waals surface area contributed by atoms with Crippen LogP contribution in [0.1, 0.15) is 21.5 Å². The Kier molecular flexibility index (Phi) is 4.10. The van der Waals surface area contributed by atoms with Gasteiger partial charge in [-0.3, -0.25) is 4.79 Å². The molecule has 0 heterocycles. The van der Waals surface area contributed by atoms with E-state index in [1.807, 2.05) is 0 Å². The van der Waals surface area contributed by atoms with Gasteiger partial charge in [0.15, 0.2) is 5.78 Å². The topological polar surface area (TPSA) is 17.1 Å². The van der Waals surface area contributed by atoms with Crippen molar-refractivity contribution in [2.24, 2.45) is 0 Å². The zero-order valence-electron chi connectivity index (χ0n) is 10.2. The third-order valence-electron chi connectivity index (χ3n) is 2.87. The molecule has 2 aromatic carbocycles. The predicted molar refractivity (Wildman–Crippen MR) is 73.3 cm³/mol. The molecule has 0 N–H and O–H groups in total. The van der Waals surface area contributed by atoms with E-state index in [1.54, 1.807) is 25.1 Å². The van der Waals surface area contributed by atoms with Crippen LogP contribution in [0.15, 0.2) is 40.9 Å². The van der Waals surface area contributed by atoms with Gasteiger partial charge in [0.1, 0.15) is 11.6 Å². The molecule has 0 spiro atoms. The first kappa shape index (κ1) is 13.9. The number of rotatable bonds is 3. The first-order chi connectivity index (χ1) is 9.00. The number of hydrogen-bond acceptors (Lipinski definition) is 1.